The van der Waals surface area contributed by atoms with Crippen molar-refractivity contribution in [3.63, 3.8) is 0 Å². The molecule has 2 aliphatic rings. The van der Waals surface area contributed by atoms with Crippen LogP contribution >= 0.6 is 0 Å². The van der Waals surface area contributed by atoms with E-state index in [1.165, 1.54) is 12.4 Å². The van der Waals surface area contributed by atoms with E-state index in [0.717, 1.165) is 60.2 Å². The lowest BCUT2D eigenvalue weighted by Crippen LogP contribution is -2.27. The van der Waals surface area contributed by atoms with Crippen molar-refractivity contribution in [1.29, 1.82) is 0 Å². The Balaban J connectivity index is 1.56. The SMILES string of the molecule is C=CC(=O)N[C@H]1C[C@@H]1c1c(-c2ccc(C(=O)N3CCCC3)cc2)c2c(N)ncnc2n1C. The average Bonchev–Trinajstić information content (AvgIpc) is 3.21. The van der Waals surface area contributed by atoms with Gasteiger partial charge in [-0.15, -0.1) is 0 Å². The Hall–Kier alpha value is -3.68. The molecule has 1 aromatic carbocycles. The van der Waals surface area contributed by atoms with Gasteiger partial charge in [0, 0.05) is 48.9 Å². The third-order valence-electron chi connectivity index (χ3n) is 6.51. The van der Waals surface area contributed by atoms with Crippen molar-refractivity contribution in [1.82, 2.24) is 24.8 Å². The summed E-state index contributed by atoms with van der Waals surface area (Å²) < 4.78 is 2.04. The molecule has 1 saturated heterocycles. The quantitative estimate of drug-likeness (QED) is 0.605. The smallest absolute Gasteiger partial charge is 0.253 e. The number of nitrogens with zero attached hydrogens (tertiary/aromatic N) is 4. The molecule has 3 heterocycles. The molecule has 0 bridgehead atoms. The molecule has 164 valence electrons. The van der Waals surface area contributed by atoms with Crippen LogP contribution < -0.4 is 11.1 Å². The van der Waals surface area contributed by atoms with Crippen molar-refractivity contribution in [2.75, 3.05) is 18.8 Å². The number of benzene rings is 1. The number of rotatable bonds is 5. The number of likely N-dealkylation sites (tertiary alicyclic amines) is 1. The van der Waals surface area contributed by atoms with E-state index in [-0.39, 0.29) is 23.8 Å². The molecule has 0 spiro atoms. The molecule has 3 aromatic rings. The van der Waals surface area contributed by atoms with Crippen LogP contribution in [0.25, 0.3) is 22.2 Å². The topological polar surface area (TPSA) is 106 Å². The molecule has 0 radical (unpaired) electrons. The van der Waals surface area contributed by atoms with Gasteiger partial charge in [0.2, 0.25) is 5.91 Å². The summed E-state index contributed by atoms with van der Waals surface area (Å²) in [6, 6.07) is 7.72. The number of hydrogen-bond donors (Lipinski definition) is 2. The number of nitrogens with one attached hydrogen (secondary N) is 1. The van der Waals surface area contributed by atoms with Gasteiger partial charge >= 0.3 is 0 Å². The molecule has 2 fully saturated rings. The van der Waals surface area contributed by atoms with E-state index < -0.39 is 0 Å². The molecule has 0 unspecified atom stereocenters. The summed E-state index contributed by atoms with van der Waals surface area (Å²) in [6.45, 7) is 5.18. The van der Waals surface area contributed by atoms with Gasteiger partial charge in [-0.2, -0.15) is 0 Å². The van der Waals surface area contributed by atoms with Gasteiger partial charge in [0.1, 0.15) is 17.8 Å². The van der Waals surface area contributed by atoms with Crippen molar-refractivity contribution in [3.8, 4) is 11.1 Å². The van der Waals surface area contributed by atoms with E-state index in [0.29, 0.717) is 11.4 Å². The number of hydrogen-bond acceptors (Lipinski definition) is 5. The molecule has 3 N–H and O–H groups in total. The van der Waals surface area contributed by atoms with Gasteiger partial charge in [-0.1, -0.05) is 18.7 Å². The van der Waals surface area contributed by atoms with Crippen molar-refractivity contribution >= 4 is 28.7 Å². The third-order valence-corrected chi connectivity index (χ3v) is 6.51. The molecular weight excluding hydrogens is 404 g/mol. The predicted molar refractivity (Wildman–Crippen MR) is 123 cm³/mol. The van der Waals surface area contributed by atoms with Crippen LogP contribution in [0.4, 0.5) is 5.82 Å². The Labute approximate surface area is 186 Å². The van der Waals surface area contributed by atoms with Crippen LogP contribution in [0.5, 0.6) is 0 Å². The maximum Gasteiger partial charge on any atom is 0.253 e. The van der Waals surface area contributed by atoms with E-state index in [9.17, 15) is 9.59 Å². The van der Waals surface area contributed by atoms with Crippen LogP contribution in [0.3, 0.4) is 0 Å². The number of aromatic nitrogens is 3. The average molecular weight is 431 g/mol. The van der Waals surface area contributed by atoms with Crippen LogP contribution in [0.2, 0.25) is 0 Å². The summed E-state index contributed by atoms with van der Waals surface area (Å²) in [5.74, 6) is 0.445. The van der Waals surface area contributed by atoms with Crippen LogP contribution in [-0.4, -0.2) is 50.4 Å². The first-order valence-electron chi connectivity index (χ1n) is 10.9. The fourth-order valence-electron chi connectivity index (χ4n) is 4.80. The Kier molecular flexibility index (Phi) is 4.92. The Morgan fingerprint density at radius 1 is 1.19 bits per heavy atom. The number of fused-ring (bicyclic) bond motifs is 1. The standard InChI is InChI=1S/C24H26N6O2/c1-3-18(31)28-17-12-16(17)21-19(20-22(25)26-13-27-23(20)29(21)2)14-6-8-15(9-7-14)24(32)30-10-4-5-11-30/h3,6-9,13,16-17H,1,4-5,10-12H2,2H3,(H,28,31)(H2,25,26,27)/t16-,17-/m0/s1. The van der Waals surface area contributed by atoms with Crippen molar-refractivity contribution in [2.24, 2.45) is 7.05 Å². The fourth-order valence-corrected chi connectivity index (χ4v) is 4.80. The maximum absolute atomic E-state index is 12.8. The minimum absolute atomic E-state index is 0.0347. The monoisotopic (exact) mass is 430 g/mol. The molecule has 8 heteroatoms. The zero-order valence-corrected chi connectivity index (χ0v) is 18.0. The molecule has 5 rings (SSSR count). The molecule has 1 saturated carbocycles. The van der Waals surface area contributed by atoms with E-state index in [1.54, 1.807) is 0 Å². The number of nitrogens with two attached hydrogens (primary N) is 1. The van der Waals surface area contributed by atoms with E-state index in [2.05, 4.69) is 21.9 Å². The Morgan fingerprint density at radius 3 is 2.59 bits per heavy atom. The molecule has 1 aliphatic heterocycles. The number of amides is 2. The number of aryl methyl sites for hydroxylation is 1. The fraction of sp³-hybridized carbons (Fsp3) is 0.333. The van der Waals surface area contributed by atoms with Crippen molar-refractivity contribution in [3.05, 3.63) is 54.5 Å². The molecule has 8 nitrogen and oxygen atoms in total. The van der Waals surface area contributed by atoms with E-state index in [1.807, 2.05) is 40.8 Å². The summed E-state index contributed by atoms with van der Waals surface area (Å²) in [6.07, 6.45) is 5.71. The molecule has 1 aliphatic carbocycles. The molecular formula is C24H26N6O2. The third kappa shape index (κ3) is 3.32. The largest absolute Gasteiger partial charge is 0.383 e. The highest BCUT2D eigenvalue weighted by atomic mass is 16.2. The normalized spacial score (nSPS) is 19.8. The minimum Gasteiger partial charge on any atom is -0.383 e. The number of anilines is 1. The number of carbonyl (C=O) groups excluding carboxylic acids is 2. The van der Waals surface area contributed by atoms with Gasteiger partial charge < -0.3 is 20.5 Å². The summed E-state index contributed by atoms with van der Waals surface area (Å²) in [7, 11) is 1.96. The second-order valence-corrected chi connectivity index (χ2v) is 8.51. The summed E-state index contributed by atoms with van der Waals surface area (Å²) in [5, 5.41) is 3.78. The first-order valence-corrected chi connectivity index (χ1v) is 10.9. The van der Waals surface area contributed by atoms with Crippen LogP contribution in [0, 0.1) is 0 Å². The van der Waals surface area contributed by atoms with E-state index in [4.69, 9.17) is 5.73 Å². The first-order chi connectivity index (χ1) is 15.5. The van der Waals surface area contributed by atoms with Gasteiger partial charge in [0.05, 0.1) is 5.39 Å². The van der Waals surface area contributed by atoms with Crippen molar-refractivity contribution < 1.29 is 9.59 Å². The number of nitrogen functional groups attached to an aromatic ring is 1. The lowest BCUT2D eigenvalue weighted by Gasteiger charge is -2.15. The van der Waals surface area contributed by atoms with Gasteiger partial charge in [-0.25, -0.2) is 9.97 Å². The highest BCUT2D eigenvalue weighted by molar-refractivity contribution is 6.03. The van der Waals surface area contributed by atoms with Crippen molar-refractivity contribution in [2.45, 2.75) is 31.2 Å². The van der Waals surface area contributed by atoms with Crippen LogP contribution in [0.15, 0.2) is 43.2 Å². The van der Waals surface area contributed by atoms with Crippen LogP contribution in [-0.2, 0) is 11.8 Å². The van der Waals surface area contributed by atoms with E-state index >= 15 is 0 Å². The molecule has 2 atom stereocenters. The highest BCUT2D eigenvalue weighted by Gasteiger charge is 2.43. The highest BCUT2D eigenvalue weighted by Crippen LogP contribution is 2.48. The number of carbonyl (C=O) groups is 2. The maximum atomic E-state index is 12.8. The van der Waals surface area contributed by atoms with Gasteiger partial charge in [-0.05, 0) is 43.0 Å². The van der Waals surface area contributed by atoms with Crippen LogP contribution in [0.1, 0.15) is 41.2 Å². The second-order valence-electron chi connectivity index (χ2n) is 8.51. The lowest BCUT2D eigenvalue weighted by atomic mass is 9.99. The summed E-state index contributed by atoms with van der Waals surface area (Å²) in [4.78, 5) is 35.1. The lowest BCUT2D eigenvalue weighted by molar-refractivity contribution is -0.116. The molecule has 2 amide bonds. The Bertz CT molecular complexity index is 1220. The molecule has 2 aromatic heterocycles. The minimum atomic E-state index is -0.179. The zero-order valence-electron chi connectivity index (χ0n) is 18.0. The first kappa shape index (κ1) is 20.2. The predicted octanol–water partition coefficient (Wildman–Crippen LogP) is 2.61. The second kappa shape index (κ2) is 7.78. The summed E-state index contributed by atoms with van der Waals surface area (Å²) in [5.41, 5.74) is 10.7. The van der Waals surface area contributed by atoms with Gasteiger partial charge in [-0.3, -0.25) is 9.59 Å². The van der Waals surface area contributed by atoms with Gasteiger partial charge in [0.15, 0.2) is 0 Å². The zero-order chi connectivity index (χ0) is 22.4. The van der Waals surface area contributed by atoms with Gasteiger partial charge in [0.25, 0.3) is 5.91 Å². The summed E-state index contributed by atoms with van der Waals surface area (Å²) >= 11 is 0. The Morgan fingerprint density at radius 2 is 1.91 bits per heavy atom. The molecule has 32 heavy (non-hydrogen) atoms.